The molecule has 6 nitrogen and oxygen atoms in total. The van der Waals surface area contributed by atoms with Crippen LogP contribution in [0.15, 0.2) is 18.3 Å². The van der Waals surface area contributed by atoms with Crippen molar-refractivity contribution in [2.45, 2.75) is 31.7 Å². The monoisotopic (exact) mass is 322 g/mol. The quantitative estimate of drug-likeness (QED) is 0.900. The maximum Gasteiger partial charge on any atom is 0.268 e. The zero-order chi connectivity index (χ0) is 17.0. The fourth-order valence-electron chi connectivity index (χ4n) is 2.37. The second-order valence-electron chi connectivity index (χ2n) is 5.30. The molecule has 1 aliphatic rings. The van der Waals surface area contributed by atoms with Crippen molar-refractivity contribution in [1.29, 1.82) is 5.26 Å². The number of aromatic nitrogens is 1. The molecular formula is C15H16F2N4O2. The van der Waals surface area contributed by atoms with Gasteiger partial charge in [-0.15, -0.1) is 0 Å². The van der Waals surface area contributed by atoms with Gasteiger partial charge in [-0.2, -0.15) is 5.26 Å². The molecule has 0 radical (unpaired) electrons. The summed E-state index contributed by atoms with van der Waals surface area (Å²) in [5, 5.41) is 11.2. The Labute approximate surface area is 132 Å². The molecule has 122 valence electrons. The van der Waals surface area contributed by atoms with E-state index in [1.54, 1.807) is 12.1 Å². The lowest BCUT2D eigenvalue weighted by Crippen LogP contribution is -2.43. The minimum atomic E-state index is -3.07. The van der Waals surface area contributed by atoms with Gasteiger partial charge in [-0.1, -0.05) is 6.92 Å². The molecule has 0 aliphatic carbocycles. The van der Waals surface area contributed by atoms with Gasteiger partial charge in [0, 0.05) is 23.9 Å². The molecule has 0 unspecified atom stereocenters. The first kappa shape index (κ1) is 16.8. The summed E-state index contributed by atoms with van der Waals surface area (Å²) in [4.78, 5) is 28.8. The summed E-state index contributed by atoms with van der Waals surface area (Å²) < 4.78 is 26.6. The molecule has 23 heavy (non-hydrogen) atoms. The van der Waals surface area contributed by atoms with Crippen LogP contribution in [0.4, 0.5) is 8.78 Å². The Kier molecular flexibility index (Phi) is 4.89. The van der Waals surface area contributed by atoms with E-state index in [-0.39, 0.29) is 0 Å². The zero-order valence-electron chi connectivity index (χ0n) is 12.6. The summed E-state index contributed by atoms with van der Waals surface area (Å²) in [5.74, 6) is -4.26. The molecule has 1 aromatic heterocycles. The average Bonchev–Trinajstić information content (AvgIpc) is 2.87. The first-order valence-corrected chi connectivity index (χ1v) is 7.16. The number of hydrogen-bond acceptors (Lipinski definition) is 4. The van der Waals surface area contributed by atoms with Gasteiger partial charge in [0.1, 0.15) is 6.04 Å². The molecule has 0 saturated carbocycles. The Morgan fingerprint density at radius 1 is 1.57 bits per heavy atom. The number of halogens is 2. The lowest BCUT2D eigenvalue weighted by Gasteiger charge is -2.19. The molecule has 2 heterocycles. The Hall–Kier alpha value is -2.56. The third-order valence-electron chi connectivity index (χ3n) is 3.58. The molecular weight excluding hydrogens is 306 g/mol. The molecule has 0 bridgehead atoms. The topological polar surface area (TPSA) is 86.1 Å². The van der Waals surface area contributed by atoms with Gasteiger partial charge in [0.15, 0.2) is 0 Å². The van der Waals surface area contributed by atoms with E-state index in [1.165, 1.54) is 12.3 Å². The zero-order valence-corrected chi connectivity index (χ0v) is 12.6. The number of likely N-dealkylation sites (tertiary alicyclic amines) is 1. The molecule has 2 rings (SSSR count). The smallest absolute Gasteiger partial charge is 0.268 e. The van der Waals surface area contributed by atoms with Crippen LogP contribution in [0.2, 0.25) is 0 Å². The molecule has 1 saturated heterocycles. The molecule has 1 aliphatic heterocycles. The highest BCUT2D eigenvalue weighted by Crippen LogP contribution is 2.31. The van der Waals surface area contributed by atoms with Crippen molar-refractivity contribution in [3.8, 4) is 6.07 Å². The fourth-order valence-corrected chi connectivity index (χ4v) is 2.37. The normalized spacial score (nSPS) is 19.2. The van der Waals surface area contributed by atoms with Crippen molar-refractivity contribution in [3.63, 3.8) is 0 Å². The van der Waals surface area contributed by atoms with Crippen LogP contribution in [-0.4, -0.2) is 46.8 Å². The van der Waals surface area contributed by atoms with Crippen LogP contribution in [0.5, 0.6) is 0 Å². The summed E-state index contributed by atoms with van der Waals surface area (Å²) in [6.45, 7) is 0.662. The molecule has 0 aromatic carbocycles. The number of nitrogens with zero attached hydrogens (tertiary/aromatic N) is 3. The van der Waals surface area contributed by atoms with Crippen LogP contribution in [0, 0.1) is 11.3 Å². The second-order valence-corrected chi connectivity index (χ2v) is 5.30. The van der Waals surface area contributed by atoms with E-state index in [4.69, 9.17) is 5.26 Å². The number of nitriles is 1. The predicted octanol–water partition coefficient (Wildman–Crippen LogP) is 1.13. The number of hydrogen-bond donors (Lipinski definition) is 1. The largest absolute Gasteiger partial charge is 0.343 e. The Morgan fingerprint density at radius 3 is 2.96 bits per heavy atom. The highest BCUT2D eigenvalue weighted by atomic mass is 19.3. The van der Waals surface area contributed by atoms with Gasteiger partial charge < -0.3 is 10.2 Å². The van der Waals surface area contributed by atoms with Crippen LogP contribution in [0.25, 0.3) is 0 Å². The van der Waals surface area contributed by atoms with Crippen molar-refractivity contribution in [1.82, 2.24) is 15.2 Å². The van der Waals surface area contributed by atoms with Crippen molar-refractivity contribution >= 4 is 11.8 Å². The lowest BCUT2D eigenvalue weighted by atomic mass is 10.2. The number of pyridine rings is 1. The molecule has 1 fully saturated rings. The molecule has 8 heteroatoms. The van der Waals surface area contributed by atoms with Crippen LogP contribution in [0.1, 0.15) is 29.4 Å². The van der Waals surface area contributed by atoms with Gasteiger partial charge in [0.05, 0.1) is 19.2 Å². The van der Waals surface area contributed by atoms with Crippen molar-refractivity contribution in [2.24, 2.45) is 0 Å². The standard InChI is InChI=1S/C15H16F2N4O2/c1-2-11-5-10(3-4-19-11)14(23)20-8-13(22)21-9-15(16,17)6-12(21)7-18/h3-5,12H,2,6,8-9H2,1H3,(H,20,23)/t12-/m0/s1. The first-order valence-electron chi connectivity index (χ1n) is 7.16. The maximum absolute atomic E-state index is 13.3. The highest BCUT2D eigenvalue weighted by Gasteiger charge is 2.47. The number of rotatable bonds is 4. The number of carbonyl (C=O) groups excluding carboxylic acids is 2. The summed E-state index contributed by atoms with van der Waals surface area (Å²) in [7, 11) is 0. The minimum Gasteiger partial charge on any atom is -0.343 e. The van der Waals surface area contributed by atoms with Gasteiger partial charge in [0.2, 0.25) is 5.91 Å². The number of carbonyl (C=O) groups is 2. The third-order valence-corrected chi connectivity index (χ3v) is 3.58. The highest BCUT2D eigenvalue weighted by molar-refractivity contribution is 5.96. The van der Waals surface area contributed by atoms with E-state index >= 15 is 0 Å². The van der Waals surface area contributed by atoms with Crippen LogP contribution >= 0.6 is 0 Å². The number of aryl methyl sites for hydroxylation is 1. The van der Waals surface area contributed by atoms with Gasteiger partial charge >= 0.3 is 0 Å². The molecule has 2 amide bonds. The summed E-state index contributed by atoms with van der Waals surface area (Å²) >= 11 is 0. The van der Waals surface area contributed by atoms with E-state index in [1.807, 2.05) is 6.92 Å². The lowest BCUT2D eigenvalue weighted by molar-refractivity contribution is -0.131. The second kappa shape index (κ2) is 6.69. The van der Waals surface area contributed by atoms with E-state index in [9.17, 15) is 18.4 Å². The molecule has 1 atom stereocenters. The summed E-state index contributed by atoms with van der Waals surface area (Å²) in [5.41, 5.74) is 1.07. The van der Waals surface area contributed by atoms with E-state index < -0.39 is 43.3 Å². The summed E-state index contributed by atoms with van der Waals surface area (Å²) in [6.07, 6.45) is 1.47. The Morgan fingerprint density at radius 2 is 2.30 bits per heavy atom. The first-order chi connectivity index (χ1) is 10.9. The molecule has 0 spiro atoms. The average molecular weight is 322 g/mol. The third kappa shape index (κ3) is 4.00. The van der Waals surface area contributed by atoms with Gasteiger partial charge in [-0.25, -0.2) is 8.78 Å². The Bertz CT molecular complexity index is 657. The van der Waals surface area contributed by atoms with Crippen molar-refractivity contribution in [3.05, 3.63) is 29.6 Å². The van der Waals surface area contributed by atoms with Crippen LogP contribution in [0.3, 0.4) is 0 Å². The van der Waals surface area contributed by atoms with Crippen LogP contribution < -0.4 is 5.32 Å². The van der Waals surface area contributed by atoms with E-state index in [0.717, 1.165) is 10.6 Å². The van der Waals surface area contributed by atoms with Gasteiger partial charge in [-0.05, 0) is 18.6 Å². The predicted molar refractivity (Wildman–Crippen MR) is 76.6 cm³/mol. The van der Waals surface area contributed by atoms with E-state index in [2.05, 4.69) is 10.3 Å². The summed E-state index contributed by atoms with van der Waals surface area (Å²) in [6, 6.07) is 3.62. The fraction of sp³-hybridized carbons (Fsp3) is 0.467. The molecule has 1 N–H and O–H groups in total. The van der Waals surface area contributed by atoms with Gasteiger partial charge in [-0.3, -0.25) is 14.6 Å². The van der Waals surface area contributed by atoms with E-state index in [0.29, 0.717) is 12.0 Å². The number of nitrogens with one attached hydrogen (secondary N) is 1. The molecule has 1 aromatic rings. The van der Waals surface area contributed by atoms with Crippen LogP contribution in [-0.2, 0) is 11.2 Å². The SMILES string of the molecule is CCc1cc(C(=O)NCC(=O)N2CC(F)(F)C[C@H]2C#N)ccn1. The minimum absolute atomic E-state index is 0.341. The van der Waals surface area contributed by atoms with Crippen molar-refractivity contribution in [2.75, 3.05) is 13.1 Å². The van der Waals surface area contributed by atoms with Crippen molar-refractivity contribution < 1.29 is 18.4 Å². The Balaban J connectivity index is 1.96. The van der Waals surface area contributed by atoms with Gasteiger partial charge in [0.25, 0.3) is 11.8 Å². The maximum atomic E-state index is 13.3. The number of amides is 2. The number of alkyl halides is 2.